The molecule has 0 unspecified atom stereocenters. The van der Waals surface area contributed by atoms with Crippen LogP contribution < -0.4 is 0 Å². The number of rotatable bonds is 9. The van der Waals surface area contributed by atoms with Crippen LogP contribution in [0, 0.1) is 6.92 Å². The Bertz CT molecular complexity index is 679. The summed E-state index contributed by atoms with van der Waals surface area (Å²) in [7, 11) is -3.69. The van der Waals surface area contributed by atoms with E-state index in [-0.39, 0.29) is 36.6 Å². The van der Waals surface area contributed by atoms with Crippen LogP contribution in [0.3, 0.4) is 0 Å². The number of ketones is 1. The monoisotopic (exact) mass is 341 g/mol. The minimum Gasteiger partial charge on any atom is -0.461 e. The zero-order valence-electron chi connectivity index (χ0n) is 13.6. The van der Waals surface area contributed by atoms with Crippen molar-refractivity contribution in [2.45, 2.75) is 34.2 Å². The van der Waals surface area contributed by atoms with E-state index in [9.17, 15) is 9.36 Å². The summed E-state index contributed by atoms with van der Waals surface area (Å²) in [5.74, 6) is 0.387. The number of azide groups is 1. The minimum absolute atomic E-state index is 0.0592. The highest BCUT2D eigenvalue weighted by molar-refractivity contribution is 7.65. The fourth-order valence-electron chi connectivity index (χ4n) is 1.90. The van der Waals surface area contributed by atoms with Crippen LogP contribution in [0.1, 0.15) is 37.9 Å². The van der Waals surface area contributed by atoms with Crippen molar-refractivity contribution in [3.8, 4) is 0 Å². The van der Waals surface area contributed by atoms with Crippen LogP contribution in [0.4, 0.5) is 0 Å². The molecule has 0 atom stereocenters. The molecule has 0 amide bonds. The minimum atomic E-state index is -3.69. The number of carbonyl (C=O) groups is 1. The largest absolute Gasteiger partial charge is 0.461 e. The van der Waals surface area contributed by atoms with Crippen molar-refractivity contribution in [1.29, 1.82) is 0 Å². The van der Waals surface area contributed by atoms with Crippen molar-refractivity contribution in [1.82, 2.24) is 0 Å². The molecule has 8 nitrogen and oxygen atoms in total. The van der Waals surface area contributed by atoms with Gasteiger partial charge >= 0.3 is 7.60 Å². The summed E-state index contributed by atoms with van der Waals surface area (Å²) in [6.45, 7) is 6.76. The van der Waals surface area contributed by atoms with Crippen LogP contribution in [0.25, 0.3) is 15.8 Å². The molecule has 0 fully saturated rings. The molecule has 1 rings (SSSR count). The van der Waals surface area contributed by atoms with Crippen molar-refractivity contribution in [3.63, 3.8) is 0 Å². The van der Waals surface area contributed by atoms with Gasteiger partial charge in [-0.3, -0.25) is 9.36 Å². The van der Waals surface area contributed by atoms with Crippen molar-refractivity contribution in [2.24, 2.45) is 5.11 Å². The van der Waals surface area contributed by atoms with Gasteiger partial charge in [0.1, 0.15) is 16.8 Å². The second kappa shape index (κ2) is 8.70. The highest BCUT2D eigenvalue weighted by Crippen LogP contribution is 2.60. The molecule has 0 saturated heterocycles. The second-order valence-corrected chi connectivity index (χ2v) is 6.55. The third-order valence-electron chi connectivity index (χ3n) is 2.81. The lowest BCUT2D eigenvalue weighted by atomic mass is 10.2. The van der Waals surface area contributed by atoms with Gasteiger partial charge in [0, 0.05) is 4.91 Å². The van der Waals surface area contributed by atoms with E-state index in [1.165, 1.54) is 13.0 Å². The Labute approximate surface area is 134 Å². The van der Waals surface area contributed by atoms with Crippen molar-refractivity contribution in [3.05, 3.63) is 39.7 Å². The number of aryl methyl sites for hydroxylation is 1. The Balaban J connectivity index is 3.40. The summed E-state index contributed by atoms with van der Waals surface area (Å²) in [5.41, 5.74) is 9.04. The number of hydrogen-bond donors (Lipinski definition) is 0. The number of nitrogens with zero attached hydrogens (tertiary/aromatic N) is 3. The smallest absolute Gasteiger partial charge is 0.365 e. The van der Waals surface area contributed by atoms with E-state index < -0.39 is 7.60 Å². The van der Waals surface area contributed by atoms with Gasteiger partial charge in [-0.25, -0.2) is 0 Å². The van der Waals surface area contributed by atoms with E-state index in [0.29, 0.717) is 11.3 Å². The molecule has 0 bridgehead atoms. The zero-order valence-corrected chi connectivity index (χ0v) is 14.5. The molecule has 0 aliphatic rings. The molecule has 0 aromatic carbocycles. The van der Waals surface area contributed by atoms with Crippen molar-refractivity contribution >= 4 is 18.7 Å². The van der Waals surface area contributed by atoms with E-state index >= 15 is 0 Å². The van der Waals surface area contributed by atoms with E-state index in [4.69, 9.17) is 19.0 Å². The molecule has 1 aromatic heterocycles. The third kappa shape index (κ3) is 5.08. The molecular formula is C14H20N3O5P. The summed E-state index contributed by atoms with van der Waals surface area (Å²) in [6, 6.07) is 1.57. The van der Waals surface area contributed by atoms with E-state index in [2.05, 4.69) is 10.0 Å². The third-order valence-corrected chi connectivity index (χ3v) is 4.95. The van der Waals surface area contributed by atoms with Gasteiger partial charge in [-0.15, -0.1) is 0 Å². The van der Waals surface area contributed by atoms with Crippen molar-refractivity contribution < 1.29 is 22.8 Å². The average Bonchev–Trinajstić information content (AvgIpc) is 2.83. The molecule has 0 spiro atoms. The SMILES string of the molecule is CCOP(=O)(OCC)C(=CC(C)=O)c1cc(CN=[N+]=[N-])c(C)o1. The van der Waals surface area contributed by atoms with Gasteiger partial charge in [0.15, 0.2) is 5.78 Å². The lowest BCUT2D eigenvalue weighted by Gasteiger charge is -2.18. The fraction of sp³-hybridized carbons (Fsp3) is 0.500. The Morgan fingerprint density at radius 1 is 1.43 bits per heavy atom. The maximum Gasteiger partial charge on any atom is 0.365 e. The summed E-state index contributed by atoms with van der Waals surface area (Å²) in [4.78, 5) is 14.2. The van der Waals surface area contributed by atoms with Gasteiger partial charge < -0.3 is 13.5 Å². The van der Waals surface area contributed by atoms with Crippen molar-refractivity contribution in [2.75, 3.05) is 13.2 Å². The number of allylic oxidation sites excluding steroid dienone is 1. The molecule has 126 valence electrons. The Kier molecular flexibility index (Phi) is 7.26. The Hall–Kier alpha value is -1.85. The van der Waals surface area contributed by atoms with E-state index in [1.54, 1.807) is 26.8 Å². The first-order valence-corrected chi connectivity index (χ1v) is 8.64. The maximum absolute atomic E-state index is 13.0. The highest BCUT2D eigenvalue weighted by Gasteiger charge is 2.34. The lowest BCUT2D eigenvalue weighted by molar-refractivity contribution is -0.112. The van der Waals surface area contributed by atoms with Crippen LogP contribution >= 0.6 is 7.60 Å². The second-order valence-electron chi connectivity index (χ2n) is 4.55. The standard InChI is InChI=1S/C14H20N3O5P/c1-5-20-23(19,21-6-2)14(7-10(3)18)13-8-12(9-16-17-15)11(4)22-13/h7-8H,5-6,9H2,1-4H3. The van der Waals surface area contributed by atoms with Crippen LogP contribution in [0.5, 0.6) is 0 Å². The van der Waals surface area contributed by atoms with E-state index in [0.717, 1.165) is 0 Å². The Morgan fingerprint density at radius 3 is 2.52 bits per heavy atom. The first kappa shape index (κ1) is 19.2. The molecule has 9 heteroatoms. The lowest BCUT2D eigenvalue weighted by Crippen LogP contribution is -2.00. The number of hydrogen-bond acceptors (Lipinski definition) is 6. The predicted molar refractivity (Wildman–Crippen MR) is 85.8 cm³/mol. The molecule has 0 aliphatic heterocycles. The molecule has 0 aliphatic carbocycles. The summed E-state index contributed by atoms with van der Waals surface area (Å²) in [5, 5.41) is 3.53. The first-order valence-electron chi connectivity index (χ1n) is 7.10. The van der Waals surface area contributed by atoms with Gasteiger partial charge in [0.25, 0.3) is 0 Å². The molecule has 23 heavy (non-hydrogen) atoms. The normalized spacial score (nSPS) is 12.1. The average molecular weight is 341 g/mol. The van der Waals surface area contributed by atoms with Crippen LogP contribution in [-0.2, 0) is 25.0 Å². The summed E-state index contributed by atoms with van der Waals surface area (Å²) in [6.07, 6.45) is 1.18. The van der Waals surface area contributed by atoms with Gasteiger partial charge in [0.2, 0.25) is 0 Å². The molecular weight excluding hydrogens is 321 g/mol. The molecule has 1 heterocycles. The molecule has 1 aromatic rings. The van der Waals surface area contributed by atoms with Crippen LogP contribution in [0.2, 0.25) is 0 Å². The van der Waals surface area contributed by atoms with E-state index in [1.807, 2.05) is 0 Å². The topological polar surface area (TPSA) is 114 Å². The van der Waals surface area contributed by atoms with Gasteiger partial charge in [0.05, 0.1) is 19.8 Å². The predicted octanol–water partition coefficient (Wildman–Crippen LogP) is 4.59. The van der Waals surface area contributed by atoms with Gasteiger partial charge in [-0.05, 0) is 50.9 Å². The Morgan fingerprint density at radius 2 is 2.04 bits per heavy atom. The fourth-order valence-corrected chi connectivity index (χ4v) is 3.66. The maximum atomic E-state index is 13.0. The summed E-state index contributed by atoms with van der Waals surface area (Å²) >= 11 is 0. The van der Waals surface area contributed by atoms with Crippen LogP contribution in [0.15, 0.2) is 21.7 Å². The van der Waals surface area contributed by atoms with Gasteiger partial charge in [-0.1, -0.05) is 5.11 Å². The zero-order chi connectivity index (χ0) is 17.5. The number of carbonyl (C=O) groups excluding carboxylic acids is 1. The van der Waals surface area contributed by atoms with Crippen LogP contribution in [-0.4, -0.2) is 19.0 Å². The molecule has 0 N–H and O–H groups in total. The quantitative estimate of drug-likeness (QED) is 0.214. The number of furan rings is 1. The van der Waals surface area contributed by atoms with Gasteiger partial charge in [-0.2, -0.15) is 0 Å². The molecule has 0 radical (unpaired) electrons. The summed E-state index contributed by atoms with van der Waals surface area (Å²) < 4.78 is 29.1. The molecule has 0 saturated carbocycles. The first-order chi connectivity index (χ1) is 10.9. The highest BCUT2D eigenvalue weighted by atomic mass is 31.2.